The van der Waals surface area contributed by atoms with Gasteiger partial charge in [0.25, 0.3) is 5.91 Å². The second-order valence-corrected chi connectivity index (χ2v) is 5.61. The van der Waals surface area contributed by atoms with Crippen LogP contribution in [0.2, 0.25) is 0 Å². The SMILES string of the molecule is Cc1[nH]nc(NC(=O)COCc2ccccc2)c1-c1ccc(F)cc1. The summed E-state index contributed by atoms with van der Waals surface area (Å²) >= 11 is 0. The van der Waals surface area contributed by atoms with Gasteiger partial charge in [0, 0.05) is 11.3 Å². The Hall–Kier alpha value is -2.99. The summed E-state index contributed by atoms with van der Waals surface area (Å²) in [5, 5.41) is 9.68. The highest BCUT2D eigenvalue weighted by atomic mass is 19.1. The highest BCUT2D eigenvalue weighted by Gasteiger charge is 2.15. The van der Waals surface area contributed by atoms with Crippen molar-refractivity contribution in [2.24, 2.45) is 0 Å². The smallest absolute Gasteiger partial charge is 0.251 e. The van der Waals surface area contributed by atoms with Crippen molar-refractivity contribution in [2.75, 3.05) is 11.9 Å². The third kappa shape index (κ3) is 4.30. The van der Waals surface area contributed by atoms with Gasteiger partial charge in [-0.15, -0.1) is 0 Å². The maximum Gasteiger partial charge on any atom is 0.251 e. The molecule has 3 rings (SSSR count). The molecule has 0 spiro atoms. The number of halogens is 1. The summed E-state index contributed by atoms with van der Waals surface area (Å²) in [6, 6.07) is 15.7. The Balaban J connectivity index is 1.63. The zero-order valence-electron chi connectivity index (χ0n) is 13.8. The number of H-pyrrole nitrogens is 1. The van der Waals surface area contributed by atoms with Crippen molar-refractivity contribution in [3.8, 4) is 11.1 Å². The second-order valence-electron chi connectivity index (χ2n) is 5.61. The molecule has 0 unspecified atom stereocenters. The summed E-state index contributed by atoms with van der Waals surface area (Å²) in [5.74, 6) is -0.215. The predicted octanol–water partition coefficient (Wildman–Crippen LogP) is 3.68. The van der Waals surface area contributed by atoms with E-state index in [1.54, 1.807) is 12.1 Å². The Kier molecular flexibility index (Phi) is 5.20. The van der Waals surface area contributed by atoms with Crippen molar-refractivity contribution in [2.45, 2.75) is 13.5 Å². The van der Waals surface area contributed by atoms with E-state index >= 15 is 0 Å². The number of ether oxygens (including phenoxy) is 1. The molecule has 1 amide bonds. The maximum atomic E-state index is 13.1. The van der Waals surface area contributed by atoms with Crippen molar-refractivity contribution in [3.63, 3.8) is 0 Å². The Morgan fingerprint density at radius 1 is 1.16 bits per heavy atom. The minimum atomic E-state index is -0.315. The van der Waals surface area contributed by atoms with Crippen molar-refractivity contribution >= 4 is 11.7 Å². The van der Waals surface area contributed by atoms with Crippen molar-refractivity contribution in [1.82, 2.24) is 10.2 Å². The van der Waals surface area contributed by atoms with E-state index in [0.717, 1.165) is 22.4 Å². The zero-order valence-corrected chi connectivity index (χ0v) is 13.8. The summed E-state index contributed by atoms with van der Waals surface area (Å²) in [4.78, 5) is 12.1. The summed E-state index contributed by atoms with van der Waals surface area (Å²) in [7, 11) is 0. The highest BCUT2D eigenvalue weighted by molar-refractivity contribution is 5.95. The molecule has 6 heteroatoms. The quantitative estimate of drug-likeness (QED) is 0.720. The Bertz CT molecular complexity index is 845. The fourth-order valence-corrected chi connectivity index (χ4v) is 2.49. The van der Waals surface area contributed by atoms with Gasteiger partial charge in [0.1, 0.15) is 12.4 Å². The fourth-order valence-electron chi connectivity index (χ4n) is 2.49. The minimum absolute atomic E-state index is 0.0797. The van der Waals surface area contributed by atoms with Gasteiger partial charge in [0.2, 0.25) is 0 Å². The largest absolute Gasteiger partial charge is 0.367 e. The molecule has 0 aliphatic rings. The molecule has 0 bridgehead atoms. The number of nitrogens with zero attached hydrogens (tertiary/aromatic N) is 1. The number of aromatic nitrogens is 2. The maximum absolute atomic E-state index is 13.1. The van der Waals surface area contributed by atoms with Crippen LogP contribution in [0.4, 0.5) is 10.2 Å². The van der Waals surface area contributed by atoms with Crippen LogP contribution in [-0.2, 0) is 16.1 Å². The number of aryl methyl sites for hydroxylation is 1. The van der Waals surface area contributed by atoms with Crippen LogP contribution < -0.4 is 5.32 Å². The molecule has 5 nitrogen and oxygen atoms in total. The predicted molar refractivity (Wildman–Crippen MR) is 93.4 cm³/mol. The van der Waals surface area contributed by atoms with E-state index in [1.807, 2.05) is 37.3 Å². The van der Waals surface area contributed by atoms with Crippen LogP contribution in [0.3, 0.4) is 0 Å². The number of aromatic amines is 1. The number of hydrogen-bond donors (Lipinski definition) is 2. The lowest BCUT2D eigenvalue weighted by molar-refractivity contribution is -0.121. The highest BCUT2D eigenvalue weighted by Crippen LogP contribution is 2.29. The average molecular weight is 339 g/mol. The summed E-state index contributed by atoms with van der Waals surface area (Å²) in [6.45, 7) is 2.12. The number of hydrogen-bond acceptors (Lipinski definition) is 3. The summed E-state index contributed by atoms with van der Waals surface area (Å²) in [6.07, 6.45) is 0. The third-order valence-corrected chi connectivity index (χ3v) is 3.68. The topological polar surface area (TPSA) is 67.0 Å². The normalized spacial score (nSPS) is 10.6. The van der Waals surface area contributed by atoms with Crippen LogP contribution in [0.15, 0.2) is 54.6 Å². The molecule has 0 radical (unpaired) electrons. The minimum Gasteiger partial charge on any atom is -0.367 e. The molecular formula is C19H18FN3O2. The molecule has 1 heterocycles. The number of benzene rings is 2. The zero-order chi connectivity index (χ0) is 17.6. The van der Waals surface area contributed by atoms with Crippen molar-refractivity contribution < 1.29 is 13.9 Å². The lowest BCUT2D eigenvalue weighted by Crippen LogP contribution is -2.19. The molecular weight excluding hydrogens is 321 g/mol. The fraction of sp³-hybridized carbons (Fsp3) is 0.158. The number of anilines is 1. The van der Waals surface area contributed by atoms with E-state index in [0.29, 0.717) is 12.4 Å². The molecule has 1 aromatic heterocycles. The number of carbonyl (C=O) groups is 1. The van der Waals surface area contributed by atoms with Crippen LogP contribution >= 0.6 is 0 Å². The Morgan fingerprint density at radius 2 is 1.88 bits per heavy atom. The number of carbonyl (C=O) groups excluding carboxylic acids is 1. The lowest BCUT2D eigenvalue weighted by Gasteiger charge is -2.07. The molecule has 128 valence electrons. The molecule has 0 aliphatic heterocycles. The first-order valence-electron chi connectivity index (χ1n) is 7.86. The molecule has 0 atom stereocenters. The van der Waals surface area contributed by atoms with Gasteiger partial charge in [-0.1, -0.05) is 42.5 Å². The molecule has 0 aliphatic carbocycles. The van der Waals surface area contributed by atoms with E-state index in [-0.39, 0.29) is 18.3 Å². The number of rotatable bonds is 6. The summed E-state index contributed by atoms with van der Waals surface area (Å²) < 4.78 is 18.5. The Labute approximate surface area is 144 Å². The molecule has 0 saturated heterocycles. The van der Waals surface area contributed by atoms with E-state index < -0.39 is 0 Å². The first-order chi connectivity index (χ1) is 12.1. The lowest BCUT2D eigenvalue weighted by atomic mass is 10.1. The van der Waals surface area contributed by atoms with Crippen LogP contribution in [-0.4, -0.2) is 22.7 Å². The van der Waals surface area contributed by atoms with Crippen LogP contribution in [0.5, 0.6) is 0 Å². The Morgan fingerprint density at radius 3 is 2.60 bits per heavy atom. The van der Waals surface area contributed by atoms with Gasteiger partial charge in [-0.05, 0) is 30.2 Å². The monoisotopic (exact) mass is 339 g/mol. The second kappa shape index (κ2) is 7.72. The van der Waals surface area contributed by atoms with Gasteiger partial charge in [-0.25, -0.2) is 4.39 Å². The molecule has 25 heavy (non-hydrogen) atoms. The molecule has 2 N–H and O–H groups in total. The first kappa shape index (κ1) is 16.9. The average Bonchev–Trinajstić information content (AvgIpc) is 2.97. The van der Waals surface area contributed by atoms with E-state index in [1.165, 1.54) is 12.1 Å². The van der Waals surface area contributed by atoms with Gasteiger partial charge in [0.15, 0.2) is 5.82 Å². The van der Waals surface area contributed by atoms with Crippen LogP contribution in [0, 0.1) is 12.7 Å². The molecule has 2 aromatic carbocycles. The van der Waals surface area contributed by atoms with Gasteiger partial charge in [-0.2, -0.15) is 5.10 Å². The van der Waals surface area contributed by atoms with Crippen LogP contribution in [0.25, 0.3) is 11.1 Å². The van der Waals surface area contributed by atoms with Gasteiger partial charge >= 0.3 is 0 Å². The third-order valence-electron chi connectivity index (χ3n) is 3.68. The number of nitrogens with one attached hydrogen (secondary N) is 2. The van der Waals surface area contributed by atoms with Gasteiger partial charge in [0.05, 0.1) is 6.61 Å². The van der Waals surface area contributed by atoms with Crippen molar-refractivity contribution in [3.05, 3.63) is 71.7 Å². The van der Waals surface area contributed by atoms with Crippen molar-refractivity contribution in [1.29, 1.82) is 0 Å². The van der Waals surface area contributed by atoms with E-state index in [2.05, 4.69) is 15.5 Å². The van der Waals surface area contributed by atoms with Gasteiger partial charge < -0.3 is 10.1 Å². The standard InChI is InChI=1S/C19H18FN3O2/c1-13-18(15-7-9-16(20)10-8-15)19(23-22-13)21-17(24)12-25-11-14-5-3-2-4-6-14/h2-10H,11-12H2,1H3,(H2,21,22,23,24). The van der Waals surface area contributed by atoms with E-state index in [4.69, 9.17) is 4.74 Å². The van der Waals surface area contributed by atoms with E-state index in [9.17, 15) is 9.18 Å². The molecule has 3 aromatic rings. The number of amides is 1. The van der Waals surface area contributed by atoms with Crippen LogP contribution in [0.1, 0.15) is 11.3 Å². The van der Waals surface area contributed by atoms with Gasteiger partial charge in [-0.3, -0.25) is 9.89 Å². The molecule has 0 fully saturated rings. The summed E-state index contributed by atoms with van der Waals surface area (Å²) in [5.41, 5.74) is 3.29. The molecule has 0 saturated carbocycles. The first-order valence-corrected chi connectivity index (χ1v) is 7.86.